The molecule has 7 nitrogen and oxygen atoms in total. The highest BCUT2D eigenvalue weighted by atomic mass is 35.5. The van der Waals surface area contributed by atoms with E-state index in [9.17, 15) is 4.79 Å². The predicted octanol–water partition coefficient (Wildman–Crippen LogP) is 4.12. The SMILES string of the molecule is COc1ccc(C(CNC(=O)c2c(-c3ccccc3Cl)noc2C)N2CCOCC2)cc1. The molecule has 0 bridgehead atoms. The molecule has 1 atom stereocenters. The van der Waals surface area contributed by atoms with Gasteiger partial charge in [0.15, 0.2) is 0 Å². The lowest BCUT2D eigenvalue weighted by Gasteiger charge is -2.35. The molecule has 2 aromatic carbocycles. The zero-order chi connectivity index (χ0) is 22.5. The lowest BCUT2D eigenvalue weighted by Crippen LogP contribution is -2.43. The first-order valence-corrected chi connectivity index (χ1v) is 10.9. The molecule has 1 amide bonds. The average molecular weight is 456 g/mol. The van der Waals surface area contributed by atoms with Gasteiger partial charge in [-0.3, -0.25) is 9.69 Å². The van der Waals surface area contributed by atoms with Crippen molar-refractivity contribution in [3.8, 4) is 17.0 Å². The molecule has 1 aliphatic rings. The highest BCUT2D eigenvalue weighted by Crippen LogP contribution is 2.31. The van der Waals surface area contributed by atoms with Crippen molar-refractivity contribution >= 4 is 17.5 Å². The van der Waals surface area contributed by atoms with E-state index in [1.54, 1.807) is 20.1 Å². The van der Waals surface area contributed by atoms with Crippen LogP contribution in [0.15, 0.2) is 53.1 Å². The fourth-order valence-electron chi connectivity index (χ4n) is 3.93. The molecule has 0 radical (unpaired) electrons. The molecule has 1 aliphatic heterocycles. The highest BCUT2D eigenvalue weighted by Gasteiger charge is 2.26. The number of rotatable bonds is 7. The second kappa shape index (κ2) is 10.2. The van der Waals surface area contributed by atoms with Gasteiger partial charge in [0, 0.05) is 25.2 Å². The Kier molecular flexibility index (Phi) is 7.09. The normalized spacial score (nSPS) is 15.3. The summed E-state index contributed by atoms with van der Waals surface area (Å²) in [5.41, 5.74) is 2.60. The first kappa shape index (κ1) is 22.3. The molecule has 0 aliphatic carbocycles. The molecule has 0 spiro atoms. The van der Waals surface area contributed by atoms with Crippen molar-refractivity contribution in [3.63, 3.8) is 0 Å². The summed E-state index contributed by atoms with van der Waals surface area (Å²) in [6.07, 6.45) is 0. The van der Waals surface area contributed by atoms with Gasteiger partial charge in [-0.05, 0) is 30.7 Å². The van der Waals surface area contributed by atoms with Crippen LogP contribution in [0.4, 0.5) is 0 Å². The van der Waals surface area contributed by atoms with Crippen LogP contribution in [0.5, 0.6) is 5.75 Å². The van der Waals surface area contributed by atoms with Gasteiger partial charge in [-0.2, -0.15) is 0 Å². The van der Waals surface area contributed by atoms with Crippen LogP contribution in [0.2, 0.25) is 5.02 Å². The molecule has 1 fully saturated rings. The lowest BCUT2D eigenvalue weighted by atomic mass is 10.0. The van der Waals surface area contributed by atoms with E-state index < -0.39 is 0 Å². The molecular weight excluding hydrogens is 430 g/mol. The molecule has 32 heavy (non-hydrogen) atoms. The summed E-state index contributed by atoms with van der Waals surface area (Å²) < 4.78 is 16.2. The molecule has 0 saturated carbocycles. The molecule has 2 heterocycles. The monoisotopic (exact) mass is 455 g/mol. The summed E-state index contributed by atoms with van der Waals surface area (Å²) in [6, 6.07) is 15.2. The minimum absolute atomic E-state index is 0.00214. The summed E-state index contributed by atoms with van der Waals surface area (Å²) in [5, 5.41) is 7.70. The standard InChI is InChI=1S/C24H26ClN3O4/c1-16-22(23(27-32-16)19-5-3-4-6-20(19)25)24(29)26-15-21(28-11-13-31-14-12-28)17-7-9-18(30-2)10-8-17/h3-10,21H,11-15H2,1-2H3,(H,26,29). The number of amides is 1. The maximum atomic E-state index is 13.2. The third-order valence-corrected chi connectivity index (χ3v) is 5.99. The van der Waals surface area contributed by atoms with Crippen LogP contribution in [-0.2, 0) is 4.74 Å². The van der Waals surface area contributed by atoms with Crippen molar-refractivity contribution in [1.82, 2.24) is 15.4 Å². The molecule has 168 valence electrons. The maximum absolute atomic E-state index is 13.2. The van der Waals surface area contributed by atoms with E-state index in [0.29, 0.717) is 47.4 Å². The van der Waals surface area contributed by atoms with E-state index in [1.807, 2.05) is 42.5 Å². The first-order chi connectivity index (χ1) is 15.6. The number of aromatic nitrogens is 1. The Hall–Kier alpha value is -2.87. The average Bonchev–Trinajstić information content (AvgIpc) is 3.21. The molecule has 1 unspecified atom stereocenters. The Morgan fingerprint density at radius 2 is 1.91 bits per heavy atom. The van der Waals surface area contributed by atoms with Crippen LogP contribution < -0.4 is 10.1 Å². The number of benzene rings is 2. The smallest absolute Gasteiger partial charge is 0.257 e. The predicted molar refractivity (Wildman–Crippen MR) is 122 cm³/mol. The summed E-state index contributed by atoms with van der Waals surface area (Å²) in [6.45, 7) is 5.08. The van der Waals surface area contributed by atoms with Gasteiger partial charge in [-0.1, -0.05) is 47.1 Å². The van der Waals surface area contributed by atoms with E-state index in [4.69, 9.17) is 25.6 Å². The second-order valence-electron chi connectivity index (χ2n) is 7.59. The number of aryl methyl sites for hydroxylation is 1. The zero-order valence-electron chi connectivity index (χ0n) is 18.1. The Bertz CT molecular complexity index is 1060. The van der Waals surface area contributed by atoms with Crippen molar-refractivity contribution in [2.45, 2.75) is 13.0 Å². The van der Waals surface area contributed by atoms with Gasteiger partial charge in [0.2, 0.25) is 0 Å². The summed E-state index contributed by atoms with van der Waals surface area (Å²) in [4.78, 5) is 15.6. The van der Waals surface area contributed by atoms with Crippen molar-refractivity contribution < 1.29 is 18.8 Å². The number of ether oxygens (including phenoxy) is 2. The van der Waals surface area contributed by atoms with Gasteiger partial charge >= 0.3 is 0 Å². The van der Waals surface area contributed by atoms with Crippen LogP contribution in [-0.4, -0.2) is 55.9 Å². The van der Waals surface area contributed by atoms with Crippen molar-refractivity contribution in [2.75, 3.05) is 40.0 Å². The van der Waals surface area contributed by atoms with E-state index in [0.717, 1.165) is 24.4 Å². The van der Waals surface area contributed by atoms with Crippen LogP contribution in [0, 0.1) is 6.92 Å². The van der Waals surface area contributed by atoms with Gasteiger partial charge in [0.1, 0.15) is 22.8 Å². The number of nitrogens with zero attached hydrogens (tertiary/aromatic N) is 2. The minimum Gasteiger partial charge on any atom is -0.497 e. The summed E-state index contributed by atoms with van der Waals surface area (Å²) in [5.74, 6) is 0.998. The molecular formula is C24H26ClN3O4. The third-order valence-electron chi connectivity index (χ3n) is 5.66. The molecule has 1 saturated heterocycles. The Labute approximate surface area is 192 Å². The Morgan fingerprint density at radius 1 is 1.19 bits per heavy atom. The van der Waals surface area contributed by atoms with Gasteiger partial charge < -0.3 is 19.3 Å². The number of hydrogen-bond donors (Lipinski definition) is 1. The van der Waals surface area contributed by atoms with Crippen molar-refractivity contribution in [2.24, 2.45) is 0 Å². The van der Waals surface area contributed by atoms with Gasteiger partial charge in [0.05, 0.1) is 31.4 Å². The van der Waals surface area contributed by atoms with Crippen LogP contribution in [0.3, 0.4) is 0 Å². The van der Waals surface area contributed by atoms with Gasteiger partial charge in [-0.25, -0.2) is 0 Å². The van der Waals surface area contributed by atoms with Crippen molar-refractivity contribution in [1.29, 1.82) is 0 Å². The fourth-order valence-corrected chi connectivity index (χ4v) is 4.15. The number of hydrogen-bond acceptors (Lipinski definition) is 6. The van der Waals surface area contributed by atoms with E-state index in [1.165, 1.54) is 0 Å². The van der Waals surface area contributed by atoms with Gasteiger partial charge in [0.25, 0.3) is 5.91 Å². The molecule has 8 heteroatoms. The van der Waals surface area contributed by atoms with Crippen LogP contribution in [0.1, 0.15) is 27.7 Å². The van der Waals surface area contributed by atoms with E-state index in [-0.39, 0.29) is 11.9 Å². The molecule has 3 aromatic rings. The lowest BCUT2D eigenvalue weighted by molar-refractivity contribution is 0.0162. The van der Waals surface area contributed by atoms with E-state index >= 15 is 0 Å². The van der Waals surface area contributed by atoms with Crippen molar-refractivity contribution in [3.05, 3.63) is 70.4 Å². The van der Waals surface area contributed by atoms with Gasteiger partial charge in [-0.15, -0.1) is 0 Å². The number of carbonyl (C=O) groups is 1. The minimum atomic E-state index is -0.245. The third kappa shape index (κ3) is 4.80. The second-order valence-corrected chi connectivity index (χ2v) is 8.00. The summed E-state index contributed by atoms with van der Waals surface area (Å²) >= 11 is 6.34. The fraction of sp³-hybridized carbons (Fsp3) is 0.333. The number of nitrogens with one attached hydrogen (secondary N) is 1. The zero-order valence-corrected chi connectivity index (χ0v) is 18.9. The first-order valence-electron chi connectivity index (χ1n) is 10.5. The van der Waals surface area contributed by atoms with E-state index in [2.05, 4.69) is 15.4 Å². The Balaban J connectivity index is 1.56. The number of morpholine rings is 1. The maximum Gasteiger partial charge on any atom is 0.257 e. The Morgan fingerprint density at radius 3 is 2.59 bits per heavy atom. The number of methoxy groups -OCH3 is 1. The highest BCUT2D eigenvalue weighted by molar-refractivity contribution is 6.33. The quantitative estimate of drug-likeness (QED) is 0.577. The number of halogens is 1. The molecule has 1 aromatic heterocycles. The molecule has 1 N–H and O–H groups in total. The molecule has 4 rings (SSSR count). The summed E-state index contributed by atoms with van der Waals surface area (Å²) in [7, 11) is 1.65. The number of carbonyl (C=O) groups excluding carboxylic acids is 1. The topological polar surface area (TPSA) is 76.8 Å². The van der Waals surface area contributed by atoms with Crippen LogP contribution >= 0.6 is 11.6 Å². The largest absolute Gasteiger partial charge is 0.497 e. The van der Waals surface area contributed by atoms with Crippen LogP contribution in [0.25, 0.3) is 11.3 Å².